The number of hydrogen-bond donors (Lipinski definition) is 2. The zero-order valence-electron chi connectivity index (χ0n) is 18.2. The molecule has 0 bridgehead atoms. The topological polar surface area (TPSA) is 88.3 Å². The van der Waals surface area contributed by atoms with Crippen molar-refractivity contribution in [2.24, 2.45) is 0 Å². The van der Waals surface area contributed by atoms with E-state index in [0.717, 1.165) is 50.3 Å². The average molecular weight is 520 g/mol. The quantitative estimate of drug-likeness (QED) is 0.301. The van der Waals surface area contributed by atoms with Gasteiger partial charge >= 0.3 is 182 Å². The van der Waals surface area contributed by atoms with Crippen LogP contribution in [0, 0.1) is 6.92 Å². The van der Waals surface area contributed by atoms with E-state index in [9.17, 15) is 14.4 Å². The maximum atomic E-state index is 12.6. The molecule has 0 atom stereocenters. The number of halogens is 1. The second kappa shape index (κ2) is 10.8. The van der Waals surface area contributed by atoms with E-state index in [1.165, 1.54) is 11.6 Å². The van der Waals surface area contributed by atoms with E-state index in [1.807, 2.05) is 44.2 Å². The van der Waals surface area contributed by atoms with Crippen LogP contribution in [0.4, 0.5) is 0 Å². The molecule has 1 aromatic heterocycles. The molecule has 8 heteroatoms. The van der Waals surface area contributed by atoms with Crippen LogP contribution in [0.5, 0.6) is 0 Å². The van der Waals surface area contributed by atoms with Gasteiger partial charge in [-0.05, 0) is 0 Å². The van der Waals surface area contributed by atoms with Crippen LogP contribution in [0.15, 0.2) is 41.1 Å². The van der Waals surface area contributed by atoms with Gasteiger partial charge in [-0.2, -0.15) is 0 Å². The molecule has 32 heavy (non-hydrogen) atoms. The predicted octanol–water partition coefficient (Wildman–Crippen LogP) is 3.52. The summed E-state index contributed by atoms with van der Waals surface area (Å²) in [4.78, 5) is 38.7. The summed E-state index contributed by atoms with van der Waals surface area (Å²) >= 11 is 6.20. The normalized spacial score (nSPS) is 14.8. The molecule has 168 valence electrons. The molecule has 2 aromatic rings. The number of esters is 1. The van der Waals surface area contributed by atoms with E-state index in [0.29, 0.717) is 18.5 Å². The molecule has 0 radical (unpaired) electrons. The maximum absolute atomic E-state index is 12.6. The van der Waals surface area contributed by atoms with Gasteiger partial charge in [0.2, 0.25) is 0 Å². The van der Waals surface area contributed by atoms with Crippen molar-refractivity contribution in [3.63, 3.8) is 0 Å². The summed E-state index contributed by atoms with van der Waals surface area (Å²) in [5.41, 5.74) is 5.28. The molecule has 3 rings (SSSR count). The summed E-state index contributed by atoms with van der Waals surface area (Å²) in [5, 5.41) is 4.58. The molecule has 0 fully saturated rings. The molecule has 2 N–H and O–H groups in total. The molecule has 0 unspecified atom stereocenters. The van der Waals surface area contributed by atoms with Crippen molar-refractivity contribution in [3.05, 3.63) is 68.6 Å². The van der Waals surface area contributed by atoms with Gasteiger partial charge in [-0.3, -0.25) is 4.79 Å². The van der Waals surface area contributed by atoms with Gasteiger partial charge in [-0.15, -0.1) is 0 Å². The van der Waals surface area contributed by atoms with Gasteiger partial charge in [0.1, 0.15) is 0 Å². The van der Waals surface area contributed by atoms with Gasteiger partial charge < -0.3 is 4.74 Å². The van der Waals surface area contributed by atoms with Crippen LogP contribution in [0.3, 0.4) is 0 Å². The van der Waals surface area contributed by atoms with Crippen molar-refractivity contribution in [2.75, 3.05) is 7.11 Å². The molecule has 0 spiro atoms. The van der Waals surface area contributed by atoms with Crippen molar-refractivity contribution in [1.82, 2.24) is 10.3 Å². The zero-order chi connectivity index (χ0) is 23.3. The number of aromatic amines is 1. The Bertz CT molecular complexity index is 1100. The first kappa shape index (κ1) is 24.1. The number of aromatic nitrogens is 1. The number of benzene rings is 1. The minimum atomic E-state index is -0.325. The van der Waals surface area contributed by atoms with Crippen LogP contribution >= 0.6 is 11.6 Å². The second-order valence-electron chi connectivity index (χ2n) is 7.42. The molecule has 2 heterocycles. The van der Waals surface area contributed by atoms with Crippen LogP contribution < -0.4 is 9.78 Å². The molecular weight excluding hydrogens is 495 g/mol. The second-order valence-corrected chi connectivity index (χ2v) is 10.3. The fourth-order valence-electron chi connectivity index (χ4n) is 3.59. The Kier molecular flexibility index (Phi) is 8.13. The number of amides is 1. The number of ether oxygens (including phenoxy) is 1. The number of rotatable bonds is 9. The molecule has 1 amide bonds. The molecule has 1 aromatic carbocycles. The average Bonchev–Trinajstić information content (AvgIpc) is 3.23. The van der Waals surface area contributed by atoms with E-state index >= 15 is 0 Å². The summed E-state index contributed by atoms with van der Waals surface area (Å²) in [7, 11) is 1.34. The third kappa shape index (κ3) is 5.60. The Morgan fingerprint density at radius 3 is 2.53 bits per heavy atom. The van der Waals surface area contributed by atoms with Gasteiger partial charge in [0.25, 0.3) is 0 Å². The predicted molar refractivity (Wildman–Crippen MR) is 126 cm³/mol. The summed E-state index contributed by atoms with van der Waals surface area (Å²) < 4.78 is 5.94. The van der Waals surface area contributed by atoms with E-state index in [-0.39, 0.29) is 33.3 Å². The monoisotopic (exact) mass is 520 g/mol. The Hall–Kier alpha value is -2.60. The van der Waals surface area contributed by atoms with Crippen molar-refractivity contribution >= 4 is 55.3 Å². The van der Waals surface area contributed by atoms with Gasteiger partial charge in [-0.25, -0.2) is 0 Å². The van der Waals surface area contributed by atoms with Crippen LogP contribution in [0.1, 0.15) is 47.1 Å². The Balaban J connectivity index is 1.75. The van der Waals surface area contributed by atoms with Crippen molar-refractivity contribution in [2.45, 2.75) is 38.4 Å². The first-order valence-corrected chi connectivity index (χ1v) is 12.6. The number of hydrogen-bond acceptors (Lipinski definition) is 4. The molecule has 1 aliphatic heterocycles. The summed E-state index contributed by atoms with van der Waals surface area (Å²) in [6, 6.07) is 7.83. The van der Waals surface area contributed by atoms with E-state index < -0.39 is 0 Å². The van der Waals surface area contributed by atoms with E-state index in [4.69, 9.17) is 16.3 Å². The summed E-state index contributed by atoms with van der Waals surface area (Å²) in [6.07, 6.45) is 3.91. The molecule has 0 saturated carbocycles. The number of carbonyl (C=O) groups is 3. The Labute approximate surface area is 198 Å². The van der Waals surface area contributed by atoms with Crippen LogP contribution in [0.25, 0.3) is 6.08 Å². The number of H-pyrrole nitrogens is 1. The Morgan fingerprint density at radius 1 is 1.16 bits per heavy atom. The number of aldehydes is 1. The van der Waals surface area contributed by atoms with Crippen LogP contribution in [-0.4, -0.2) is 45.2 Å². The summed E-state index contributed by atoms with van der Waals surface area (Å²) in [5.74, 6) is -0.402. The van der Waals surface area contributed by atoms with Crippen molar-refractivity contribution in [1.29, 1.82) is 0 Å². The standard InChI is InChI=1S/C24H25ClN2O4Se/c1-14-18(8-9-23(29)31-3)22(13-28)26-20(14)12-21-15(2)19(24(30)27-21)10-11-32-17-6-4-16(25)5-7-17/h4-7,12-13,26H,8-11H2,1-3H3,(H,27,30)/b21-12-. The minimum absolute atomic E-state index is 0.0774. The molecular formula is C24H25ClN2O4Se. The Morgan fingerprint density at radius 2 is 1.88 bits per heavy atom. The molecule has 0 aliphatic carbocycles. The first-order valence-electron chi connectivity index (χ1n) is 10.2. The van der Waals surface area contributed by atoms with Gasteiger partial charge in [-0.1, -0.05) is 0 Å². The number of allylic oxidation sites excluding steroid dienone is 1. The van der Waals surface area contributed by atoms with Gasteiger partial charge in [0, 0.05) is 0 Å². The number of carbonyl (C=O) groups excluding carboxylic acids is 3. The molecule has 0 saturated heterocycles. The van der Waals surface area contributed by atoms with Gasteiger partial charge in [0.15, 0.2) is 0 Å². The number of nitrogens with one attached hydrogen (secondary N) is 2. The van der Waals surface area contributed by atoms with E-state index in [2.05, 4.69) is 10.3 Å². The van der Waals surface area contributed by atoms with Crippen molar-refractivity contribution < 1.29 is 19.1 Å². The first-order chi connectivity index (χ1) is 15.3. The zero-order valence-corrected chi connectivity index (χ0v) is 20.7. The van der Waals surface area contributed by atoms with Crippen molar-refractivity contribution in [3.8, 4) is 0 Å². The fourth-order valence-corrected chi connectivity index (χ4v) is 5.54. The van der Waals surface area contributed by atoms with Crippen LogP contribution in [-0.2, 0) is 20.7 Å². The molecule has 1 aliphatic rings. The SMILES string of the molecule is COC(=O)CCc1c(C=O)[nH]c(/C=C2\NC(=O)C(CC[Se]c3ccc(Cl)cc3)=C2C)c1C. The number of methoxy groups -OCH3 is 1. The van der Waals surface area contributed by atoms with Gasteiger partial charge in [0.05, 0.1) is 7.11 Å². The molecule has 6 nitrogen and oxygen atoms in total. The third-order valence-electron chi connectivity index (χ3n) is 5.48. The van der Waals surface area contributed by atoms with Crippen LogP contribution in [0.2, 0.25) is 10.3 Å². The summed E-state index contributed by atoms with van der Waals surface area (Å²) in [6.45, 7) is 3.83. The fraction of sp³-hybridized carbons (Fsp3) is 0.292. The van der Waals surface area contributed by atoms with E-state index in [1.54, 1.807) is 0 Å². The third-order valence-corrected chi connectivity index (χ3v) is 7.86.